The highest BCUT2D eigenvalue weighted by Gasteiger charge is 2.20. The van der Waals surface area contributed by atoms with Gasteiger partial charge in [0.25, 0.3) is 5.91 Å². The number of nitrogens with zero attached hydrogens (tertiary/aromatic N) is 1. The first-order chi connectivity index (χ1) is 15.1. The van der Waals surface area contributed by atoms with E-state index < -0.39 is 0 Å². The SMILES string of the molecule is Cc1ccc2c(c1)=NC(=O)C(CCNC(=O)CC(c1ccccc1)c1ccccc1)C=2. The quantitative estimate of drug-likeness (QED) is 0.650. The zero-order chi connectivity index (χ0) is 21.6. The highest BCUT2D eigenvalue weighted by atomic mass is 16.2. The molecule has 156 valence electrons. The number of benzene rings is 3. The molecule has 1 aliphatic rings. The molecule has 0 bridgehead atoms. The molecular formula is C27H26N2O2. The van der Waals surface area contributed by atoms with Crippen LogP contribution in [0, 0.1) is 12.8 Å². The molecule has 4 heteroatoms. The van der Waals surface area contributed by atoms with Crippen LogP contribution in [-0.4, -0.2) is 18.4 Å². The number of fused-ring (bicyclic) bond motifs is 1. The van der Waals surface area contributed by atoms with E-state index in [1.807, 2.05) is 67.6 Å². The predicted octanol–water partition coefficient (Wildman–Crippen LogP) is 3.28. The normalized spacial score (nSPS) is 15.0. The van der Waals surface area contributed by atoms with E-state index in [9.17, 15) is 9.59 Å². The first-order valence-electron chi connectivity index (χ1n) is 10.7. The largest absolute Gasteiger partial charge is 0.356 e. The molecule has 0 aromatic heterocycles. The number of hydrogen-bond donors (Lipinski definition) is 1. The van der Waals surface area contributed by atoms with Crippen molar-refractivity contribution >= 4 is 17.9 Å². The first-order valence-corrected chi connectivity index (χ1v) is 10.7. The molecule has 1 unspecified atom stereocenters. The van der Waals surface area contributed by atoms with E-state index in [-0.39, 0.29) is 23.7 Å². The van der Waals surface area contributed by atoms with Crippen LogP contribution in [0.4, 0.5) is 0 Å². The summed E-state index contributed by atoms with van der Waals surface area (Å²) in [6.07, 6.45) is 2.87. The molecule has 1 atom stereocenters. The fourth-order valence-corrected chi connectivity index (χ4v) is 4.01. The third kappa shape index (κ3) is 5.15. The van der Waals surface area contributed by atoms with Crippen LogP contribution in [0.5, 0.6) is 0 Å². The number of aryl methyl sites for hydroxylation is 1. The van der Waals surface area contributed by atoms with Crippen LogP contribution in [0.3, 0.4) is 0 Å². The van der Waals surface area contributed by atoms with Gasteiger partial charge in [0.2, 0.25) is 5.91 Å². The molecule has 1 N–H and O–H groups in total. The van der Waals surface area contributed by atoms with E-state index >= 15 is 0 Å². The van der Waals surface area contributed by atoms with Crippen LogP contribution >= 0.6 is 0 Å². The summed E-state index contributed by atoms with van der Waals surface area (Å²) in [5.41, 5.74) is 3.32. The second kappa shape index (κ2) is 9.52. The lowest BCUT2D eigenvalue weighted by molar-refractivity contribution is -0.122. The number of amides is 2. The zero-order valence-electron chi connectivity index (χ0n) is 17.6. The van der Waals surface area contributed by atoms with E-state index in [1.54, 1.807) is 0 Å². The van der Waals surface area contributed by atoms with E-state index in [2.05, 4.69) is 34.6 Å². The van der Waals surface area contributed by atoms with Gasteiger partial charge in [0.05, 0.1) is 11.3 Å². The number of carbonyl (C=O) groups is 2. The number of hydrogen-bond acceptors (Lipinski definition) is 2. The second-order valence-electron chi connectivity index (χ2n) is 8.00. The summed E-state index contributed by atoms with van der Waals surface area (Å²) in [5.74, 6) is -0.460. The molecule has 31 heavy (non-hydrogen) atoms. The Bertz CT molecular complexity index is 1150. The maximum atomic E-state index is 12.7. The maximum Gasteiger partial charge on any atom is 0.253 e. The fourth-order valence-electron chi connectivity index (χ4n) is 4.01. The summed E-state index contributed by atoms with van der Waals surface area (Å²) >= 11 is 0. The van der Waals surface area contributed by atoms with Gasteiger partial charge in [-0.3, -0.25) is 9.59 Å². The van der Waals surface area contributed by atoms with E-state index in [4.69, 9.17) is 0 Å². The predicted molar refractivity (Wildman–Crippen MR) is 122 cm³/mol. The Balaban J connectivity index is 1.39. The van der Waals surface area contributed by atoms with Gasteiger partial charge in [0, 0.05) is 18.9 Å². The highest BCUT2D eigenvalue weighted by Crippen LogP contribution is 2.27. The van der Waals surface area contributed by atoms with Crippen molar-refractivity contribution in [1.29, 1.82) is 0 Å². The molecule has 1 aliphatic heterocycles. The van der Waals surface area contributed by atoms with Crippen molar-refractivity contribution in [2.45, 2.75) is 25.7 Å². The average Bonchev–Trinajstić information content (AvgIpc) is 2.79. The summed E-state index contributed by atoms with van der Waals surface area (Å²) in [7, 11) is 0. The molecule has 4 nitrogen and oxygen atoms in total. The lowest BCUT2D eigenvalue weighted by Gasteiger charge is -2.18. The van der Waals surface area contributed by atoms with Crippen LogP contribution < -0.4 is 15.9 Å². The Labute approximate surface area is 182 Å². The minimum atomic E-state index is -0.297. The lowest BCUT2D eigenvalue weighted by Crippen LogP contribution is -2.35. The smallest absolute Gasteiger partial charge is 0.253 e. The van der Waals surface area contributed by atoms with Gasteiger partial charge in [-0.1, -0.05) is 78.9 Å². The van der Waals surface area contributed by atoms with Crippen molar-refractivity contribution < 1.29 is 9.59 Å². The molecule has 0 saturated carbocycles. The van der Waals surface area contributed by atoms with Crippen LogP contribution in [-0.2, 0) is 9.59 Å². The molecular weight excluding hydrogens is 384 g/mol. The third-order valence-corrected chi connectivity index (χ3v) is 5.69. The van der Waals surface area contributed by atoms with Gasteiger partial charge in [0.15, 0.2) is 0 Å². The van der Waals surface area contributed by atoms with Crippen molar-refractivity contribution in [2.75, 3.05) is 6.54 Å². The molecule has 0 radical (unpaired) electrons. The van der Waals surface area contributed by atoms with Gasteiger partial charge >= 0.3 is 0 Å². The Kier molecular flexibility index (Phi) is 6.37. The molecule has 4 rings (SSSR count). The molecule has 0 fully saturated rings. The van der Waals surface area contributed by atoms with Gasteiger partial charge in [-0.05, 0) is 41.3 Å². The highest BCUT2D eigenvalue weighted by molar-refractivity contribution is 5.86. The minimum Gasteiger partial charge on any atom is -0.356 e. The first kappa shape index (κ1) is 20.7. The van der Waals surface area contributed by atoms with Gasteiger partial charge < -0.3 is 5.32 Å². The monoisotopic (exact) mass is 410 g/mol. The fraction of sp³-hybridized carbons (Fsp3) is 0.222. The van der Waals surface area contributed by atoms with Crippen molar-refractivity contribution in [1.82, 2.24) is 5.32 Å². The number of nitrogens with one attached hydrogen (secondary N) is 1. The minimum absolute atomic E-state index is 0.00427. The summed E-state index contributed by atoms with van der Waals surface area (Å²) in [6, 6.07) is 26.1. The van der Waals surface area contributed by atoms with Crippen molar-refractivity contribution in [3.63, 3.8) is 0 Å². The topological polar surface area (TPSA) is 58.5 Å². The van der Waals surface area contributed by atoms with Gasteiger partial charge in [-0.2, -0.15) is 0 Å². The molecule has 2 amide bonds. The molecule has 0 spiro atoms. The summed E-state index contributed by atoms with van der Waals surface area (Å²) in [5, 5.41) is 4.72. The van der Waals surface area contributed by atoms with Crippen LogP contribution in [0.2, 0.25) is 0 Å². The van der Waals surface area contributed by atoms with Gasteiger partial charge in [-0.25, -0.2) is 4.99 Å². The Morgan fingerprint density at radius 2 is 1.61 bits per heavy atom. The number of rotatable bonds is 7. The van der Waals surface area contributed by atoms with Crippen molar-refractivity contribution in [3.8, 4) is 0 Å². The van der Waals surface area contributed by atoms with Crippen molar-refractivity contribution in [3.05, 3.63) is 106 Å². The third-order valence-electron chi connectivity index (χ3n) is 5.69. The van der Waals surface area contributed by atoms with E-state index in [1.165, 1.54) is 0 Å². The van der Waals surface area contributed by atoms with E-state index in [0.29, 0.717) is 19.4 Å². The molecule has 0 aliphatic carbocycles. The zero-order valence-corrected chi connectivity index (χ0v) is 17.6. The summed E-state index contributed by atoms with van der Waals surface area (Å²) < 4.78 is 0. The second-order valence-corrected chi connectivity index (χ2v) is 8.00. The Morgan fingerprint density at radius 3 is 2.26 bits per heavy atom. The van der Waals surface area contributed by atoms with Crippen LogP contribution in [0.15, 0.2) is 83.9 Å². The van der Waals surface area contributed by atoms with Crippen LogP contribution in [0.1, 0.15) is 35.4 Å². The Morgan fingerprint density at radius 1 is 0.968 bits per heavy atom. The molecule has 3 aromatic rings. The summed E-state index contributed by atoms with van der Waals surface area (Å²) in [4.78, 5) is 29.3. The summed E-state index contributed by atoms with van der Waals surface area (Å²) in [6.45, 7) is 2.43. The van der Waals surface area contributed by atoms with Crippen molar-refractivity contribution in [2.24, 2.45) is 10.9 Å². The molecule has 3 aromatic carbocycles. The molecule has 0 saturated heterocycles. The Hall–Kier alpha value is -3.53. The van der Waals surface area contributed by atoms with Gasteiger partial charge in [0.1, 0.15) is 0 Å². The van der Waals surface area contributed by atoms with Crippen LogP contribution in [0.25, 0.3) is 6.08 Å². The average molecular weight is 411 g/mol. The molecule has 1 heterocycles. The maximum absolute atomic E-state index is 12.7. The lowest BCUT2D eigenvalue weighted by atomic mass is 9.88. The standard InChI is InChI=1S/C27H26N2O2/c1-19-12-13-22-17-23(27(31)29-25(22)16-19)14-15-28-26(30)18-24(20-8-4-2-5-9-20)21-10-6-3-7-11-21/h2-13,16-17,23-24H,14-15,18H2,1H3,(H,28,30). The number of carbonyl (C=O) groups excluding carboxylic acids is 2. The van der Waals surface area contributed by atoms with Gasteiger partial charge in [-0.15, -0.1) is 0 Å². The van der Waals surface area contributed by atoms with E-state index in [0.717, 1.165) is 27.3 Å².